The third-order valence-electron chi connectivity index (χ3n) is 2.10. The minimum Gasteiger partial charge on any atom is -0.475 e. The van der Waals surface area contributed by atoms with Crippen molar-refractivity contribution in [2.75, 3.05) is 5.32 Å². The van der Waals surface area contributed by atoms with Crippen LogP contribution < -0.4 is 10.1 Å². The van der Waals surface area contributed by atoms with Gasteiger partial charge in [0.15, 0.2) is 11.4 Å². The Morgan fingerprint density at radius 2 is 2.20 bits per heavy atom. The first-order chi connectivity index (χ1) is 6.92. The summed E-state index contributed by atoms with van der Waals surface area (Å²) >= 11 is 0. The van der Waals surface area contributed by atoms with Gasteiger partial charge in [0.05, 0.1) is 0 Å². The molecule has 1 aliphatic heterocycles. The second-order valence-electron chi connectivity index (χ2n) is 3.68. The molecule has 2 heterocycles. The summed E-state index contributed by atoms with van der Waals surface area (Å²) in [5.74, 6) is -1.75. The summed E-state index contributed by atoms with van der Waals surface area (Å²) in [4.78, 5) is 22.2. The van der Waals surface area contributed by atoms with Crippen LogP contribution in [0.4, 0.5) is 5.69 Å². The van der Waals surface area contributed by atoms with Crippen LogP contribution in [0.25, 0.3) is 0 Å². The number of hydrogen-bond acceptors (Lipinski definition) is 4. The summed E-state index contributed by atoms with van der Waals surface area (Å²) in [7, 11) is 0. The Morgan fingerprint density at radius 3 is 2.80 bits per heavy atom. The van der Waals surface area contributed by atoms with Gasteiger partial charge in [0, 0.05) is 0 Å². The third kappa shape index (κ3) is 1.34. The van der Waals surface area contributed by atoms with E-state index in [1.165, 1.54) is 6.26 Å². The van der Waals surface area contributed by atoms with Crippen molar-refractivity contribution in [2.45, 2.75) is 19.4 Å². The molecule has 0 saturated heterocycles. The Morgan fingerprint density at radius 1 is 1.53 bits per heavy atom. The molecule has 0 radical (unpaired) electrons. The second-order valence-corrected chi connectivity index (χ2v) is 3.68. The topological polar surface area (TPSA) is 88.8 Å². The lowest BCUT2D eigenvalue weighted by Crippen LogP contribution is -2.45. The molecule has 1 aromatic rings. The van der Waals surface area contributed by atoms with Crippen LogP contribution in [-0.2, 0) is 4.79 Å². The molecule has 0 aromatic carbocycles. The first-order valence-corrected chi connectivity index (χ1v) is 4.27. The summed E-state index contributed by atoms with van der Waals surface area (Å²) < 4.78 is 10.1. The summed E-state index contributed by atoms with van der Waals surface area (Å²) in [6.45, 7) is 3.16. The molecule has 15 heavy (non-hydrogen) atoms. The lowest BCUT2D eigenvalue weighted by atomic mass is 10.1. The molecule has 0 saturated carbocycles. The molecule has 6 nitrogen and oxygen atoms in total. The summed E-state index contributed by atoms with van der Waals surface area (Å²) in [5, 5.41) is 11.2. The molecule has 2 N–H and O–H groups in total. The molecular weight excluding hydrogens is 202 g/mol. The highest BCUT2D eigenvalue weighted by Gasteiger charge is 2.39. The molecular formula is C9H9NO5. The van der Waals surface area contributed by atoms with Crippen molar-refractivity contribution in [3.8, 4) is 5.75 Å². The van der Waals surface area contributed by atoms with Gasteiger partial charge in [-0.15, -0.1) is 0 Å². The third-order valence-corrected chi connectivity index (χ3v) is 2.10. The molecule has 0 bridgehead atoms. The number of carboxylic acid groups (broad SMARTS) is 1. The fourth-order valence-electron chi connectivity index (χ4n) is 1.28. The SMILES string of the molecule is CC1(C)Oc2coc(C(=O)O)c2NC1=O. The van der Waals surface area contributed by atoms with Crippen molar-refractivity contribution in [3.05, 3.63) is 12.0 Å². The number of anilines is 1. The van der Waals surface area contributed by atoms with E-state index in [1.807, 2.05) is 0 Å². The molecule has 0 aliphatic carbocycles. The molecule has 80 valence electrons. The van der Waals surface area contributed by atoms with Gasteiger partial charge in [0.25, 0.3) is 5.91 Å². The number of carbonyl (C=O) groups excluding carboxylic acids is 1. The van der Waals surface area contributed by atoms with E-state index in [4.69, 9.17) is 14.3 Å². The van der Waals surface area contributed by atoms with Crippen molar-refractivity contribution < 1.29 is 23.8 Å². The van der Waals surface area contributed by atoms with Gasteiger partial charge in [-0.2, -0.15) is 0 Å². The van der Waals surface area contributed by atoms with Gasteiger partial charge >= 0.3 is 5.97 Å². The van der Waals surface area contributed by atoms with Crippen LogP contribution in [0, 0.1) is 0 Å². The molecule has 6 heteroatoms. The smallest absolute Gasteiger partial charge is 0.374 e. The Bertz CT molecular complexity index is 445. The zero-order chi connectivity index (χ0) is 11.2. The van der Waals surface area contributed by atoms with E-state index in [0.29, 0.717) is 0 Å². The molecule has 1 amide bonds. The Labute approximate surface area is 84.8 Å². The number of aromatic carboxylic acids is 1. The van der Waals surface area contributed by atoms with Crippen LogP contribution in [0.2, 0.25) is 0 Å². The Kier molecular flexibility index (Phi) is 1.76. The van der Waals surface area contributed by atoms with E-state index >= 15 is 0 Å². The van der Waals surface area contributed by atoms with E-state index in [9.17, 15) is 9.59 Å². The molecule has 2 rings (SSSR count). The van der Waals surface area contributed by atoms with Crippen molar-refractivity contribution in [2.24, 2.45) is 0 Å². The van der Waals surface area contributed by atoms with Crippen LogP contribution in [0.5, 0.6) is 5.75 Å². The van der Waals surface area contributed by atoms with Gasteiger partial charge in [0.2, 0.25) is 5.76 Å². The minimum atomic E-state index is -1.25. The van der Waals surface area contributed by atoms with Gasteiger partial charge in [0.1, 0.15) is 12.0 Å². The van der Waals surface area contributed by atoms with Crippen LogP contribution in [0.3, 0.4) is 0 Å². The van der Waals surface area contributed by atoms with Gasteiger partial charge in [-0.3, -0.25) is 4.79 Å². The average Bonchev–Trinajstić information content (AvgIpc) is 2.47. The van der Waals surface area contributed by atoms with Crippen LogP contribution in [0.15, 0.2) is 10.7 Å². The zero-order valence-electron chi connectivity index (χ0n) is 8.16. The number of rotatable bonds is 1. The van der Waals surface area contributed by atoms with E-state index in [-0.39, 0.29) is 17.2 Å². The second kappa shape index (κ2) is 2.75. The summed E-state index contributed by atoms with van der Waals surface area (Å²) in [6.07, 6.45) is 1.17. The maximum atomic E-state index is 11.5. The number of hydrogen-bond donors (Lipinski definition) is 2. The van der Waals surface area contributed by atoms with Gasteiger partial charge in [-0.1, -0.05) is 0 Å². The minimum absolute atomic E-state index is 0.0758. The number of amides is 1. The number of carbonyl (C=O) groups is 2. The van der Waals surface area contributed by atoms with Gasteiger partial charge in [-0.05, 0) is 13.8 Å². The largest absolute Gasteiger partial charge is 0.475 e. The average molecular weight is 211 g/mol. The Hall–Kier alpha value is -1.98. The Balaban J connectivity index is 2.48. The van der Waals surface area contributed by atoms with E-state index in [2.05, 4.69) is 5.32 Å². The molecule has 1 aliphatic rings. The predicted octanol–water partition coefficient (Wildman–Crippen LogP) is 1.09. The monoisotopic (exact) mass is 211 g/mol. The highest BCUT2D eigenvalue weighted by Crippen LogP contribution is 2.37. The molecule has 1 aromatic heterocycles. The fraction of sp³-hybridized carbons (Fsp3) is 0.333. The van der Waals surface area contributed by atoms with Gasteiger partial charge < -0.3 is 19.6 Å². The molecule has 0 atom stereocenters. The maximum absolute atomic E-state index is 11.5. The molecule has 0 spiro atoms. The number of furan rings is 1. The molecule has 0 fully saturated rings. The van der Waals surface area contributed by atoms with Crippen molar-refractivity contribution in [3.63, 3.8) is 0 Å². The van der Waals surface area contributed by atoms with Gasteiger partial charge in [-0.25, -0.2) is 4.79 Å². The van der Waals surface area contributed by atoms with E-state index < -0.39 is 17.5 Å². The number of nitrogens with one attached hydrogen (secondary N) is 1. The quantitative estimate of drug-likeness (QED) is 0.725. The van der Waals surface area contributed by atoms with Crippen LogP contribution in [-0.4, -0.2) is 22.6 Å². The van der Waals surface area contributed by atoms with Crippen LogP contribution in [0.1, 0.15) is 24.4 Å². The first kappa shape index (κ1) is 9.57. The first-order valence-electron chi connectivity index (χ1n) is 4.27. The van der Waals surface area contributed by atoms with E-state index in [0.717, 1.165) is 0 Å². The number of carboxylic acids is 1. The lowest BCUT2D eigenvalue weighted by molar-refractivity contribution is -0.129. The summed E-state index contributed by atoms with van der Waals surface area (Å²) in [6, 6.07) is 0. The van der Waals surface area contributed by atoms with E-state index in [1.54, 1.807) is 13.8 Å². The zero-order valence-corrected chi connectivity index (χ0v) is 8.16. The maximum Gasteiger partial charge on any atom is 0.374 e. The lowest BCUT2D eigenvalue weighted by Gasteiger charge is -2.29. The van der Waals surface area contributed by atoms with Crippen LogP contribution >= 0.6 is 0 Å². The van der Waals surface area contributed by atoms with Crippen molar-refractivity contribution in [1.82, 2.24) is 0 Å². The number of ether oxygens (including phenoxy) is 1. The summed E-state index contributed by atoms with van der Waals surface area (Å²) in [5.41, 5.74) is -0.945. The predicted molar refractivity (Wildman–Crippen MR) is 49.0 cm³/mol. The fourth-order valence-corrected chi connectivity index (χ4v) is 1.28. The highest BCUT2D eigenvalue weighted by atomic mass is 16.5. The normalized spacial score (nSPS) is 17.6. The van der Waals surface area contributed by atoms with Crippen molar-refractivity contribution in [1.29, 1.82) is 0 Å². The van der Waals surface area contributed by atoms with Crippen molar-refractivity contribution >= 4 is 17.6 Å². The number of fused-ring (bicyclic) bond motifs is 1. The standard InChI is InChI=1S/C9H9NO5/c1-9(2)8(13)10-5-4(15-9)3-14-6(5)7(11)12/h3H,1-2H3,(H,10,13)(H,11,12). The highest BCUT2D eigenvalue weighted by molar-refractivity contribution is 6.05. The molecule has 0 unspecified atom stereocenters.